The highest BCUT2D eigenvalue weighted by atomic mass is 35.5. The van der Waals surface area contributed by atoms with Crippen LogP contribution in [-0.2, 0) is 4.79 Å². The van der Waals surface area contributed by atoms with Crippen molar-refractivity contribution in [1.82, 2.24) is 5.32 Å². The number of amides is 1. The molecule has 4 aliphatic carbocycles. The van der Waals surface area contributed by atoms with Crippen molar-refractivity contribution in [3.8, 4) is 6.07 Å². The van der Waals surface area contributed by atoms with Crippen molar-refractivity contribution in [3.05, 3.63) is 35.0 Å². The van der Waals surface area contributed by atoms with Gasteiger partial charge in [0.05, 0.1) is 10.7 Å². The molecule has 0 heterocycles. The number of halogens is 1. The fraction of sp³-hybridized carbons (Fsp3) is 0.545. The summed E-state index contributed by atoms with van der Waals surface area (Å²) in [4.78, 5) is 12.5. The SMILES string of the molecule is CC(N/C=C(/C#N)C(=O)Nc1ccc(N)cc1Cl)C12CC3CC(CC(C3)C1)C2. The topological polar surface area (TPSA) is 90.9 Å². The number of hydrogen-bond donors (Lipinski definition) is 3. The molecule has 0 radical (unpaired) electrons. The maximum Gasteiger partial charge on any atom is 0.267 e. The number of hydrogen-bond acceptors (Lipinski definition) is 4. The summed E-state index contributed by atoms with van der Waals surface area (Å²) in [7, 11) is 0. The number of nitrogens with two attached hydrogens (primary N) is 1. The molecule has 1 unspecified atom stereocenters. The number of nitrogens with one attached hydrogen (secondary N) is 2. The van der Waals surface area contributed by atoms with E-state index < -0.39 is 5.91 Å². The predicted octanol–water partition coefficient (Wildman–Crippen LogP) is 4.46. The first-order valence-corrected chi connectivity index (χ1v) is 10.5. The third-order valence-electron chi connectivity index (χ3n) is 7.09. The molecule has 0 saturated heterocycles. The highest BCUT2D eigenvalue weighted by Gasteiger charge is 2.53. The second-order valence-electron chi connectivity index (χ2n) is 9.03. The quantitative estimate of drug-likeness (QED) is 0.388. The van der Waals surface area contributed by atoms with Crippen LogP contribution in [0.3, 0.4) is 0 Å². The zero-order valence-electron chi connectivity index (χ0n) is 16.2. The molecule has 148 valence electrons. The maximum atomic E-state index is 12.5. The highest BCUT2D eigenvalue weighted by molar-refractivity contribution is 6.34. The summed E-state index contributed by atoms with van der Waals surface area (Å²) in [6, 6.07) is 7.11. The summed E-state index contributed by atoms with van der Waals surface area (Å²) < 4.78 is 0. The second kappa shape index (κ2) is 7.33. The van der Waals surface area contributed by atoms with Crippen molar-refractivity contribution in [2.24, 2.45) is 23.2 Å². The van der Waals surface area contributed by atoms with Crippen LogP contribution in [0.2, 0.25) is 5.02 Å². The molecule has 1 aromatic rings. The molecule has 4 aliphatic rings. The molecule has 28 heavy (non-hydrogen) atoms. The molecule has 0 spiro atoms. The summed E-state index contributed by atoms with van der Waals surface area (Å²) in [5, 5.41) is 15.9. The molecule has 0 aromatic heterocycles. The first-order valence-electron chi connectivity index (χ1n) is 10.1. The van der Waals surface area contributed by atoms with Crippen molar-refractivity contribution in [1.29, 1.82) is 5.26 Å². The maximum absolute atomic E-state index is 12.5. The Balaban J connectivity index is 1.43. The van der Waals surface area contributed by atoms with Crippen LogP contribution < -0.4 is 16.4 Å². The number of nitriles is 1. The van der Waals surface area contributed by atoms with Gasteiger partial charge in [0.25, 0.3) is 5.91 Å². The summed E-state index contributed by atoms with van der Waals surface area (Å²) >= 11 is 6.11. The average Bonchev–Trinajstić information content (AvgIpc) is 2.63. The van der Waals surface area contributed by atoms with Crippen LogP contribution in [0.1, 0.15) is 45.4 Å². The van der Waals surface area contributed by atoms with Crippen molar-refractivity contribution in [3.63, 3.8) is 0 Å². The van der Waals surface area contributed by atoms with E-state index in [0.717, 1.165) is 17.8 Å². The first kappa shape index (κ1) is 19.1. The van der Waals surface area contributed by atoms with E-state index in [4.69, 9.17) is 17.3 Å². The minimum absolute atomic E-state index is 0.0458. The normalized spacial score (nSPS) is 31.9. The number of rotatable bonds is 5. The molecule has 1 atom stereocenters. The number of carbonyl (C=O) groups excluding carboxylic acids is 1. The fourth-order valence-corrected chi connectivity index (χ4v) is 6.30. The predicted molar refractivity (Wildman–Crippen MR) is 111 cm³/mol. The molecule has 6 heteroatoms. The van der Waals surface area contributed by atoms with Crippen LogP contribution >= 0.6 is 11.6 Å². The summed E-state index contributed by atoms with van der Waals surface area (Å²) in [6.45, 7) is 2.20. The van der Waals surface area contributed by atoms with Gasteiger partial charge in [0, 0.05) is 17.9 Å². The van der Waals surface area contributed by atoms with Crippen molar-refractivity contribution >= 4 is 28.9 Å². The molecule has 0 aliphatic heterocycles. The Bertz CT molecular complexity index is 821. The van der Waals surface area contributed by atoms with E-state index in [-0.39, 0.29) is 11.6 Å². The molecule has 5 nitrogen and oxygen atoms in total. The highest BCUT2D eigenvalue weighted by Crippen LogP contribution is 2.61. The van der Waals surface area contributed by atoms with Crippen LogP contribution in [0.5, 0.6) is 0 Å². The third-order valence-corrected chi connectivity index (χ3v) is 7.40. The smallest absolute Gasteiger partial charge is 0.267 e. The zero-order chi connectivity index (χ0) is 19.9. The Kier molecular flexibility index (Phi) is 5.01. The lowest BCUT2D eigenvalue weighted by atomic mass is 9.48. The number of nitrogens with zero attached hydrogens (tertiary/aromatic N) is 1. The minimum atomic E-state index is -0.473. The Morgan fingerprint density at radius 3 is 2.43 bits per heavy atom. The van der Waals surface area contributed by atoms with Crippen molar-refractivity contribution in [2.45, 2.75) is 51.5 Å². The van der Waals surface area contributed by atoms with Crippen LogP contribution in [0.4, 0.5) is 11.4 Å². The Morgan fingerprint density at radius 2 is 1.89 bits per heavy atom. The van der Waals surface area contributed by atoms with Gasteiger partial charge >= 0.3 is 0 Å². The monoisotopic (exact) mass is 398 g/mol. The van der Waals surface area contributed by atoms with E-state index >= 15 is 0 Å². The third kappa shape index (κ3) is 3.58. The van der Waals surface area contributed by atoms with Gasteiger partial charge in [0.2, 0.25) is 0 Å². The van der Waals surface area contributed by atoms with Crippen LogP contribution in [0, 0.1) is 34.5 Å². The molecule has 1 amide bonds. The molecule has 4 bridgehead atoms. The van der Waals surface area contributed by atoms with Gasteiger partial charge < -0.3 is 16.4 Å². The Morgan fingerprint density at radius 1 is 1.29 bits per heavy atom. The van der Waals surface area contributed by atoms with Gasteiger partial charge in [-0.3, -0.25) is 4.79 Å². The first-order chi connectivity index (χ1) is 13.4. The van der Waals surface area contributed by atoms with Crippen LogP contribution in [0.25, 0.3) is 0 Å². The van der Waals surface area contributed by atoms with Gasteiger partial charge in [0.1, 0.15) is 11.6 Å². The van der Waals surface area contributed by atoms with Gasteiger partial charge in [0.15, 0.2) is 0 Å². The lowest BCUT2D eigenvalue weighted by molar-refractivity contribution is -0.112. The minimum Gasteiger partial charge on any atom is -0.399 e. The molecular weight excluding hydrogens is 372 g/mol. The van der Waals surface area contributed by atoms with Gasteiger partial charge in [-0.05, 0) is 86.8 Å². The zero-order valence-corrected chi connectivity index (χ0v) is 16.9. The standard InChI is InChI=1S/C22H27ClN4O/c1-13(22-8-14-4-15(9-22)6-16(5-14)10-22)26-12-17(11-24)21(28)27-20-3-2-18(25)7-19(20)23/h2-3,7,12-16,26H,4-6,8-10,25H2,1H3,(H,27,28)/b17-12-. The number of benzene rings is 1. The van der Waals surface area contributed by atoms with E-state index in [1.165, 1.54) is 38.5 Å². The van der Waals surface area contributed by atoms with E-state index in [1.54, 1.807) is 24.4 Å². The van der Waals surface area contributed by atoms with E-state index in [9.17, 15) is 10.1 Å². The molecule has 4 N–H and O–H groups in total. The van der Waals surface area contributed by atoms with Crippen molar-refractivity contribution in [2.75, 3.05) is 11.1 Å². The lowest BCUT2D eigenvalue weighted by Crippen LogP contribution is -2.54. The molecule has 1 aromatic carbocycles. The van der Waals surface area contributed by atoms with E-state index in [0.29, 0.717) is 21.8 Å². The van der Waals surface area contributed by atoms with E-state index in [1.807, 2.05) is 6.07 Å². The number of nitrogen functional groups attached to an aromatic ring is 1. The summed E-state index contributed by atoms with van der Waals surface area (Å²) in [5.41, 5.74) is 6.99. The van der Waals surface area contributed by atoms with Gasteiger partial charge in [-0.2, -0.15) is 5.26 Å². The summed E-state index contributed by atoms with van der Waals surface area (Å²) in [6.07, 6.45) is 9.59. The lowest BCUT2D eigenvalue weighted by Gasteiger charge is -2.59. The van der Waals surface area contributed by atoms with E-state index in [2.05, 4.69) is 17.6 Å². The van der Waals surface area contributed by atoms with Gasteiger partial charge in [-0.15, -0.1) is 0 Å². The molecular formula is C22H27ClN4O. The number of anilines is 2. The Labute approximate surface area is 171 Å². The molecule has 4 fully saturated rings. The van der Waals surface area contributed by atoms with Crippen LogP contribution in [0.15, 0.2) is 30.0 Å². The van der Waals surface area contributed by atoms with Gasteiger partial charge in [-0.25, -0.2) is 0 Å². The fourth-order valence-electron chi connectivity index (χ4n) is 6.06. The summed E-state index contributed by atoms with van der Waals surface area (Å²) in [5.74, 6) is 2.13. The van der Waals surface area contributed by atoms with Crippen LogP contribution in [-0.4, -0.2) is 11.9 Å². The van der Waals surface area contributed by atoms with Gasteiger partial charge in [-0.1, -0.05) is 11.6 Å². The second-order valence-corrected chi connectivity index (χ2v) is 9.44. The molecule has 5 rings (SSSR count). The Hall–Kier alpha value is -2.19. The molecule has 4 saturated carbocycles. The van der Waals surface area contributed by atoms with Crippen molar-refractivity contribution < 1.29 is 4.79 Å². The average molecular weight is 399 g/mol. The largest absolute Gasteiger partial charge is 0.399 e. The number of carbonyl (C=O) groups is 1.